The molecule has 1 aromatic heterocycles. The Hall–Kier alpha value is -2.04. The van der Waals surface area contributed by atoms with Crippen molar-refractivity contribution in [1.29, 1.82) is 0 Å². The molecule has 1 aromatic rings. The van der Waals surface area contributed by atoms with Gasteiger partial charge in [0.25, 0.3) is 0 Å². The molecule has 0 spiro atoms. The number of rotatable bonds is 7. The maximum absolute atomic E-state index is 12.5. The maximum Gasteiger partial charge on any atom is 0.244 e. The lowest BCUT2D eigenvalue weighted by Gasteiger charge is -2.16. The Morgan fingerprint density at radius 1 is 1.50 bits per heavy atom. The van der Waals surface area contributed by atoms with E-state index in [1.54, 1.807) is 0 Å². The van der Waals surface area contributed by atoms with E-state index in [0.29, 0.717) is 12.8 Å². The summed E-state index contributed by atoms with van der Waals surface area (Å²) in [6, 6.07) is 2.72. The van der Waals surface area contributed by atoms with E-state index in [4.69, 9.17) is 16.2 Å². The first-order valence-electron chi connectivity index (χ1n) is 7.25. The van der Waals surface area contributed by atoms with Crippen molar-refractivity contribution in [2.24, 2.45) is 17.4 Å². The van der Waals surface area contributed by atoms with Crippen LogP contribution >= 0.6 is 0 Å². The molecule has 0 unspecified atom stereocenters. The maximum atomic E-state index is 12.5. The number of hydrogen-bond donors (Lipinski definition) is 2. The normalized spacial score (nSPS) is 19.4. The Balaban J connectivity index is 2.05. The lowest BCUT2D eigenvalue weighted by molar-refractivity contribution is -0.121. The number of primary amides is 1. The second kappa shape index (κ2) is 7.69. The molecule has 4 N–H and O–H groups in total. The molecular weight excluding hydrogens is 339 g/mol. The average Bonchev–Trinajstić information content (AvgIpc) is 3.07. The topological polar surface area (TPSA) is 129 Å². The fourth-order valence-electron chi connectivity index (χ4n) is 2.23. The van der Waals surface area contributed by atoms with Crippen molar-refractivity contribution < 1.29 is 22.3 Å². The number of nitrogens with two attached hydrogens (primary N) is 2. The minimum atomic E-state index is -3.75. The largest absolute Gasteiger partial charge is 0.473 e. The van der Waals surface area contributed by atoms with Crippen LogP contribution < -0.4 is 16.2 Å². The first-order chi connectivity index (χ1) is 11.4. The van der Waals surface area contributed by atoms with Gasteiger partial charge in [-0.15, -0.1) is 0 Å². The third kappa shape index (κ3) is 4.08. The van der Waals surface area contributed by atoms with Gasteiger partial charge in [0.1, 0.15) is 11.5 Å². The molecule has 0 radical (unpaired) electrons. The Morgan fingerprint density at radius 3 is 2.75 bits per heavy atom. The molecule has 2 heterocycles. The van der Waals surface area contributed by atoms with Crippen molar-refractivity contribution in [2.45, 2.75) is 11.3 Å². The van der Waals surface area contributed by atoms with Crippen LogP contribution in [0.1, 0.15) is 6.42 Å². The number of nitrogens with zero attached hydrogens (tertiary/aromatic N) is 2. The molecule has 24 heavy (non-hydrogen) atoms. The van der Waals surface area contributed by atoms with Crippen molar-refractivity contribution in [3.63, 3.8) is 0 Å². The number of carbonyl (C=O) groups excluding carboxylic acids is 1. The average molecular weight is 358 g/mol. The van der Waals surface area contributed by atoms with E-state index in [1.165, 1.54) is 16.4 Å². The van der Waals surface area contributed by atoms with Gasteiger partial charge in [-0.1, -0.05) is 0 Å². The number of sulfonamides is 1. The molecule has 1 atom stereocenters. The van der Waals surface area contributed by atoms with Crippen LogP contribution in [-0.4, -0.2) is 49.9 Å². The lowest BCUT2D eigenvalue weighted by Crippen LogP contribution is -2.31. The van der Waals surface area contributed by atoms with E-state index < -0.39 is 21.8 Å². The fourth-order valence-corrected chi connectivity index (χ4v) is 3.68. The predicted molar refractivity (Wildman–Crippen MR) is 84.0 cm³/mol. The van der Waals surface area contributed by atoms with Gasteiger partial charge in [-0.25, -0.2) is 17.8 Å². The van der Waals surface area contributed by atoms with E-state index in [-0.39, 0.29) is 42.6 Å². The summed E-state index contributed by atoms with van der Waals surface area (Å²) in [6.07, 6.45) is 1.92. The standard InChI is InChI=1S/C14H19FN4O4S/c15-5-10(6-16)9-23-13-2-1-12(7-18-13)24(21,22)19-4-3-11(8-19)14(17)20/h1-2,5,7,11H,3-4,6,8-9,16H2,(H2,17,20)/t11-/m0/s1. The van der Waals surface area contributed by atoms with Gasteiger partial charge in [0.05, 0.1) is 18.4 Å². The van der Waals surface area contributed by atoms with Crippen molar-refractivity contribution in [1.82, 2.24) is 9.29 Å². The molecule has 1 fully saturated rings. The van der Waals surface area contributed by atoms with Crippen LogP contribution in [0.15, 0.2) is 35.1 Å². The molecule has 0 saturated carbocycles. The monoisotopic (exact) mass is 358 g/mol. The number of ether oxygens (including phenoxy) is 1. The zero-order valence-corrected chi connectivity index (χ0v) is 13.7. The molecule has 0 aromatic carbocycles. The Bertz CT molecular complexity index is 721. The van der Waals surface area contributed by atoms with Crippen LogP contribution in [-0.2, 0) is 14.8 Å². The molecule has 0 bridgehead atoms. The molecule has 132 valence electrons. The highest BCUT2D eigenvalue weighted by molar-refractivity contribution is 7.89. The Labute approximate surface area is 139 Å². The third-order valence-electron chi connectivity index (χ3n) is 3.72. The van der Waals surface area contributed by atoms with Gasteiger partial charge in [-0.3, -0.25) is 4.79 Å². The number of aromatic nitrogens is 1. The smallest absolute Gasteiger partial charge is 0.244 e. The van der Waals surface area contributed by atoms with E-state index in [9.17, 15) is 17.6 Å². The van der Waals surface area contributed by atoms with Crippen molar-refractivity contribution in [3.05, 3.63) is 30.2 Å². The van der Waals surface area contributed by atoms with E-state index in [2.05, 4.69) is 4.98 Å². The van der Waals surface area contributed by atoms with Crippen molar-refractivity contribution in [2.75, 3.05) is 26.2 Å². The van der Waals surface area contributed by atoms with Gasteiger partial charge >= 0.3 is 0 Å². The summed E-state index contributed by atoms with van der Waals surface area (Å²) in [5.74, 6) is -0.832. The van der Waals surface area contributed by atoms with Crippen molar-refractivity contribution >= 4 is 15.9 Å². The summed E-state index contributed by atoms with van der Waals surface area (Å²) in [5.41, 5.74) is 10.8. The lowest BCUT2D eigenvalue weighted by atomic mass is 10.1. The fraction of sp³-hybridized carbons (Fsp3) is 0.429. The van der Waals surface area contributed by atoms with Crippen LogP contribution in [0.3, 0.4) is 0 Å². The predicted octanol–water partition coefficient (Wildman–Crippen LogP) is -0.232. The van der Waals surface area contributed by atoms with Crippen LogP contribution in [0.5, 0.6) is 5.88 Å². The second-order valence-electron chi connectivity index (χ2n) is 5.34. The summed E-state index contributed by atoms with van der Waals surface area (Å²) >= 11 is 0. The van der Waals surface area contributed by atoms with Gasteiger partial charge in [0.2, 0.25) is 21.8 Å². The van der Waals surface area contributed by atoms with Crippen LogP contribution in [0.2, 0.25) is 0 Å². The molecule has 2 rings (SSSR count). The highest BCUT2D eigenvalue weighted by Gasteiger charge is 2.35. The number of hydrogen-bond acceptors (Lipinski definition) is 6. The SMILES string of the molecule is NCC(=CF)COc1ccc(S(=O)(=O)N2CC[C@H](C(N)=O)C2)cn1. The first-order valence-corrected chi connectivity index (χ1v) is 8.69. The van der Waals surface area contributed by atoms with Crippen LogP contribution in [0, 0.1) is 5.92 Å². The quantitative estimate of drug-likeness (QED) is 0.693. The summed E-state index contributed by atoms with van der Waals surface area (Å²) in [4.78, 5) is 15.1. The molecule has 10 heteroatoms. The first kappa shape index (κ1) is 18.3. The van der Waals surface area contributed by atoms with Crippen LogP contribution in [0.4, 0.5) is 4.39 Å². The molecule has 0 aliphatic carbocycles. The molecule has 1 amide bonds. The van der Waals surface area contributed by atoms with Gasteiger partial charge in [-0.05, 0) is 12.5 Å². The van der Waals surface area contributed by atoms with Gasteiger partial charge in [-0.2, -0.15) is 4.31 Å². The van der Waals surface area contributed by atoms with Crippen LogP contribution in [0.25, 0.3) is 0 Å². The molecule has 1 aliphatic rings. The Morgan fingerprint density at radius 2 is 2.25 bits per heavy atom. The molecule has 1 saturated heterocycles. The molecule has 1 aliphatic heterocycles. The molecule has 8 nitrogen and oxygen atoms in total. The third-order valence-corrected chi connectivity index (χ3v) is 5.57. The summed E-state index contributed by atoms with van der Waals surface area (Å²) < 4.78 is 43.8. The van der Waals surface area contributed by atoms with Gasteiger partial charge < -0.3 is 16.2 Å². The number of amides is 1. The van der Waals surface area contributed by atoms with E-state index in [0.717, 1.165) is 6.20 Å². The molecular formula is C14H19FN4O4S. The highest BCUT2D eigenvalue weighted by atomic mass is 32.2. The summed E-state index contributed by atoms with van der Waals surface area (Å²) in [6.45, 7) is 0.240. The minimum Gasteiger partial charge on any atom is -0.473 e. The Kier molecular flexibility index (Phi) is 5.86. The minimum absolute atomic E-state index is 0.0128. The zero-order valence-electron chi connectivity index (χ0n) is 12.9. The number of pyridine rings is 1. The van der Waals surface area contributed by atoms with Gasteiger partial charge in [0.15, 0.2) is 0 Å². The van der Waals surface area contributed by atoms with Crippen molar-refractivity contribution in [3.8, 4) is 5.88 Å². The van der Waals surface area contributed by atoms with E-state index in [1.807, 2.05) is 0 Å². The number of carbonyl (C=O) groups is 1. The van der Waals surface area contributed by atoms with E-state index >= 15 is 0 Å². The van der Waals surface area contributed by atoms with Gasteiger partial charge in [0, 0.05) is 31.3 Å². The number of halogens is 1. The summed E-state index contributed by atoms with van der Waals surface area (Å²) in [7, 11) is -3.75. The highest BCUT2D eigenvalue weighted by Crippen LogP contribution is 2.24. The second-order valence-corrected chi connectivity index (χ2v) is 7.28. The summed E-state index contributed by atoms with van der Waals surface area (Å²) in [5, 5.41) is 0. The zero-order chi connectivity index (χ0) is 17.7.